The number of pyridine rings is 1. The van der Waals surface area contributed by atoms with E-state index in [1.807, 2.05) is 24.3 Å². The molecule has 4 heterocycles. The molecule has 1 amide bonds. The van der Waals surface area contributed by atoms with Gasteiger partial charge in [0.1, 0.15) is 5.01 Å². The molecular formula is C26H25N7OS. The SMILES string of the molecule is O=C(Cc1ccccn1)Nc1nnc(CCCCc2cc3cc(Cc4ccccc4)[nH]c3nn2)s1. The first-order valence-electron chi connectivity index (χ1n) is 11.6. The van der Waals surface area contributed by atoms with E-state index < -0.39 is 0 Å². The van der Waals surface area contributed by atoms with Crippen LogP contribution in [0, 0.1) is 0 Å². The fourth-order valence-electron chi connectivity index (χ4n) is 3.88. The second-order valence-corrected chi connectivity index (χ2v) is 9.41. The number of carbonyl (C=O) groups excluding carboxylic acids is 1. The maximum Gasteiger partial charge on any atom is 0.232 e. The van der Waals surface area contributed by atoms with Crippen LogP contribution in [0.3, 0.4) is 0 Å². The van der Waals surface area contributed by atoms with Gasteiger partial charge in [0, 0.05) is 35.8 Å². The Balaban J connectivity index is 1.08. The molecule has 1 aromatic carbocycles. The van der Waals surface area contributed by atoms with Gasteiger partial charge >= 0.3 is 0 Å². The molecule has 2 N–H and O–H groups in total. The number of anilines is 1. The van der Waals surface area contributed by atoms with Crippen LogP contribution in [0.1, 0.15) is 40.5 Å². The lowest BCUT2D eigenvalue weighted by Gasteiger charge is -2.00. The van der Waals surface area contributed by atoms with Crippen molar-refractivity contribution in [3.05, 3.63) is 94.5 Å². The predicted octanol–water partition coefficient (Wildman–Crippen LogP) is 4.54. The Hall–Kier alpha value is -3.98. The lowest BCUT2D eigenvalue weighted by molar-refractivity contribution is -0.115. The summed E-state index contributed by atoms with van der Waals surface area (Å²) in [5.74, 6) is -0.142. The van der Waals surface area contributed by atoms with Crippen LogP contribution in [-0.4, -0.2) is 36.3 Å². The summed E-state index contributed by atoms with van der Waals surface area (Å²) in [6.07, 6.45) is 6.35. The number of carbonyl (C=O) groups is 1. The highest BCUT2D eigenvalue weighted by molar-refractivity contribution is 7.15. The van der Waals surface area contributed by atoms with Gasteiger partial charge in [-0.1, -0.05) is 47.7 Å². The van der Waals surface area contributed by atoms with Gasteiger partial charge in [-0.2, -0.15) is 5.10 Å². The normalized spacial score (nSPS) is 11.1. The highest BCUT2D eigenvalue weighted by Gasteiger charge is 2.10. The topological polar surface area (TPSA) is 109 Å². The summed E-state index contributed by atoms with van der Waals surface area (Å²) in [7, 11) is 0. The summed E-state index contributed by atoms with van der Waals surface area (Å²) in [6.45, 7) is 0. The molecule has 0 aliphatic carbocycles. The molecule has 0 bridgehead atoms. The van der Waals surface area contributed by atoms with E-state index in [-0.39, 0.29) is 12.3 Å². The fraction of sp³-hybridized carbons (Fsp3) is 0.231. The number of aromatic amines is 1. The van der Waals surface area contributed by atoms with Crippen molar-refractivity contribution < 1.29 is 4.79 Å². The number of amides is 1. The Labute approximate surface area is 206 Å². The van der Waals surface area contributed by atoms with Gasteiger partial charge < -0.3 is 10.3 Å². The van der Waals surface area contributed by atoms with Crippen molar-refractivity contribution in [2.24, 2.45) is 0 Å². The smallest absolute Gasteiger partial charge is 0.232 e. The van der Waals surface area contributed by atoms with Crippen molar-refractivity contribution in [2.45, 2.75) is 38.5 Å². The van der Waals surface area contributed by atoms with E-state index in [1.165, 1.54) is 16.9 Å². The van der Waals surface area contributed by atoms with E-state index in [4.69, 9.17) is 0 Å². The maximum atomic E-state index is 12.2. The van der Waals surface area contributed by atoms with Crippen molar-refractivity contribution >= 4 is 33.4 Å². The molecule has 0 saturated heterocycles. The molecular weight excluding hydrogens is 458 g/mol. The van der Waals surface area contributed by atoms with Crippen LogP contribution in [0.25, 0.3) is 11.0 Å². The average Bonchev–Trinajstić information content (AvgIpc) is 3.48. The van der Waals surface area contributed by atoms with Crippen molar-refractivity contribution in [1.29, 1.82) is 0 Å². The first-order valence-corrected chi connectivity index (χ1v) is 12.4. The zero-order valence-corrected chi connectivity index (χ0v) is 20.0. The van der Waals surface area contributed by atoms with E-state index in [2.05, 4.69) is 72.1 Å². The number of rotatable bonds is 10. The number of aromatic nitrogens is 6. The van der Waals surface area contributed by atoms with Crippen molar-refractivity contribution in [2.75, 3.05) is 5.32 Å². The van der Waals surface area contributed by atoms with Crippen LogP contribution < -0.4 is 5.32 Å². The summed E-state index contributed by atoms with van der Waals surface area (Å²) in [5.41, 5.74) is 4.94. The van der Waals surface area contributed by atoms with E-state index >= 15 is 0 Å². The second kappa shape index (κ2) is 11.0. The van der Waals surface area contributed by atoms with Crippen LogP contribution in [0.15, 0.2) is 66.9 Å². The Kier molecular flexibility index (Phi) is 7.14. The number of hydrogen-bond donors (Lipinski definition) is 2. The monoisotopic (exact) mass is 483 g/mol. The molecule has 0 unspecified atom stereocenters. The van der Waals surface area contributed by atoms with E-state index in [0.29, 0.717) is 5.13 Å². The molecule has 176 valence electrons. The van der Waals surface area contributed by atoms with Crippen molar-refractivity contribution in [1.82, 2.24) is 30.4 Å². The third-order valence-corrected chi connectivity index (χ3v) is 6.47. The van der Waals surface area contributed by atoms with Gasteiger partial charge in [-0.25, -0.2) is 0 Å². The van der Waals surface area contributed by atoms with Gasteiger partial charge in [-0.05, 0) is 49.1 Å². The largest absolute Gasteiger partial charge is 0.341 e. The molecule has 0 saturated carbocycles. The number of H-pyrrole nitrogens is 1. The first kappa shape index (κ1) is 22.8. The van der Waals surface area contributed by atoms with Gasteiger partial charge in [0.2, 0.25) is 11.0 Å². The maximum absolute atomic E-state index is 12.2. The molecule has 5 aromatic rings. The zero-order valence-electron chi connectivity index (χ0n) is 19.1. The van der Waals surface area contributed by atoms with Gasteiger partial charge in [-0.15, -0.1) is 15.3 Å². The lowest BCUT2D eigenvalue weighted by atomic mass is 10.1. The van der Waals surface area contributed by atoms with Crippen molar-refractivity contribution in [3.63, 3.8) is 0 Å². The van der Waals surface area contributed by atoms with E-state index in [9.17, 15) is 4.79 Å². The Morgan fingerprint density at radius 3 is 2.60 bits per heavy atom. The molecule has 35 heavy (non-hydrogen) atoms. The highest BCUT2D eigenvalue weighted by atomic mass is 32.1. The number of hydrogen-bond acceptors (Lipinski definition) is 7. The molecule has 0 spiro atoms. The summed E-state index contributed by atoms with van der Waals surface area (Å²) in [4.78, 5) is 19.7. The van der Waals surface area contributed by atoms with Crippen molar-refractivity contribution in [3.8, 4) is 0 Å². The molecule has 4 aromatic heterocycles. The number of aryl methyl sites for hydroxylation is 2. The third kappa shape index (κ3) is 6.33. The minimum absolute atomic E-state index is 0.142. The lowest BCUT2D eigenvalue weighted by Crippen LogP contribution is -2.14. The molecule has 5 rings (SSSR count). The van der Waals surface area contributed by atoms with Gasteiger partial charge in [0.25, 0.3) is 0 Å². The van der Waals surface area contributed by atoms with Crippen LogP contribution >= 0.6 is 11.3 Å². The van der Waals surface area contributed by atoms with Gasteiger partial charge in [0.15, 0.2) is 5.65 Å². The number of unbranched alkanes of at least 4 members (excludes halogenated alkanes) is 1. The first-order chi connectivity index (χ1) is 17.2. The Morgan fingerprint density at radius 1 is 0.886 bits per heavy atom. The number of nitrogens with one attached hydrogen (secondary N) is 2. The fourth-order valence-corrected chi connectivity index (χ4v) is 4.68. The van der Waals surface area contributed by atoms with E-state index in [0.717, 1.165) is 65.2 Å². The standard InChI is InChI=1S/C26H25N7OS/c34-23(17-20-10-6-7-13-27-20)29-26-33-31-24(35-26)12-5-4-11-21-15-19-16-22(28-25(19)32-30-21)14-18-8-2-1-3-9-18/h1-3,6-10,13,15-16H,4-5,11-12,14,17H2,(H,28,32)(H,29,33,34). The van der Waals surface area contributed by atoms with Crippen LogP contribution in [0.5, 0.6) is 0 Å². The quantitative estimate of drug-likeness (QED) is 0.282. The summed E-state index contributed by atoms with van der Waals surface area (Å²) >= 11 is 1.42. The van der Waals surface area contributed by atoms with E-state index in [1.54, 1.807) is 6.20 Å². The van der Waals surface area contributed by atoms with Crippen LogP contribution in [-0.2, 0) is 30.5 Å². The molecule has 0 atom stereocenters. The van der Waals surface area contributed by atoms with Gasteiger partial charge in [0.05, 0.1) is 12.1 Å². The number of benzene rings is 1. The minimum Gasteiger partial charge on any atom is -0.341 e. The molecule has 8 nitrogen and oxygen atoms in total. The summed E-state index contributed by atoms with van der Waals surface area (Å²) in [6, 6.07) is 20.2. The second-order valence-electron chi connectivity index (χ2n) is 8.35. The zero-order chi connectivity index (χ0) is 23.9. The molecule has 0 fully saturated rings. The number of nitrogens with zero attached hydrogens (tertiary/aromatic N) is 5. The van der Waals surface area contributed by atoms with Crippen LogP contribution in [0.2, 0.25) is 0 Å². The summed E-state index contributed by atoms with van der Waals surface area (Å²) in [5, 5.41) is 22.4. The predicted molar refractivity (Wildman–Crippen MR) is 136 cm³/mol. The highest BCUT2D eigenvalue weighted by Crippen LogP contribution is 2.19. The molecule has 9 heteroatoms. The Morgan fingerprint density at radius 2 is 1.74 bits per heavy atom. The Bertz CT molecular complexity index is 1400. The molecule has 0 radical (unpaired) electrons. The minimum atomic E-state index is -0.142. The van der Waals surface area contributed by atoms with Gasteiger partial charge in [-0.3, -0.25) is 9.78 Å². The summed E-state index contributed by atoms with van der Waals surface area (Å²) < 4.78 is 0. The van der Waals surface area contributed by atoms with Crippen LogP contribution in [0.4, 0.5) is 5.13 Å². The molecule has 0 aliphatic rings. The number of fused-ring (bicyclic) bond motifs is 1. The third-order valence-electron chi connectivity index (χ3n) is 5.57. The molecule has 0 aliphatic heterocycles. The average molecular weight is 484 g/mol.